The SMILES string of the molecule is CCNC(=NCCCN(C)CC(F)(F)F)N1CCc2cc(OC)c(OC)cc2C1. The van der Waals surface area contributed by atoms with Gasteiger partial charge in [-0.25, -0.2) is 0 Å². The van der Waals surface area contributed by atoms with Gasteiger partial charge >= 0.3 is 6.18 Å². The third kappa shape index (κ3) is 6.99. The molecule has 0 amide bonds. The van der Waals surface area contributed by atoms with Crippen LogP contribution in [0.3, 0.4) is 0 Å². The molecule has 1 aromatic carbocycles. The van der Waals surface area contributed by atoms with Gasteiger partial charge in [-0.1, -0.05) is 0 Å². The van der Waals surface area contributed by atoms with Crippen molar-refractivity contribution in [3.63, 3.8) is 0 Å². The van der Waals surface area contributed by atoms with E-state index in [-0.39, 0.29) is 0 Å². The number of nitrogens with zero attached hydrogens (tertiary/aromatic N) is 3. The summed E-state index contributed by atoms with van der Waals surface area (Å²) in [5.74, 6) is 2.21. The predicted octanol–water partition coefficient (Wildman–Crippen LogP) is 2.91. The normalized spacial score (nSPS) is 14.8. The molecule has 0 unspecified atom stereocenters. The Bertz CT molecular complexity index is 695. The number of halogens is 3. The molecular weight excluding hydrogens is 385 g/mol. The highest BCUT2D eigenvalue weighted by Gasteiger charge is 2.28. The Balaban J connectivity index is 1.99. The Kier molecular flexibility index (Phi) is 8.43. The number of benzene rings is 1. The highest BCUT2D eigenvalue weighted by Crippen LogP contribution is 2.33. The summed E-state index contributed by atoms with van der Waals surface area (Å²) >= 11 is 0. The Labute approximate surface area is 170 Å². The summed E-state index contributed by atoms with van der Waals surface area (Å²) in [6.07, 6.45) is -2.75. The van der Waals surface area contributed by atoms with E-state index in [0.29, 0.717) is 31.8 Å². The monoisotopic (exact) mass is 416 g/mol. The van der Waals surface area contributed by atoms with Crippen LogP contribution in [-0.4, -0.2) is 75.9 Å². The maximum atomic E-state index is 12.4. The minimum atomic E-state index is -4.17. The molecule has 0 radical (unpaired) electrons. The molecule has 6 nitrogen and oxygen atoms in total. The molecular formula is C20H31F3N4O2. The van der Waals surface area contributed by atoms with Gasteiger partial charge in [0.05, 0.1) is 20.8 Å². The molecule has 29 heavy (non-hydrogen) atoms. The number of alkyl halides is 3. The van der Waals surface area contributed by atoms with Crippen molar-refractivity contribution in [1.82, 2.24) is 15.1 Å². The topological polar surface area (TPSA) is 49.3 Å². The average molecular weight is 416 g/mol. The quantitative estimate of drug-likeness (QED) is 0.401. The van der Waals surface area contributed by atoms with E-state index >= 15 is 0 Å². The van der Waals surface area contributed by atoms with Gasteiger partial charge in [0.2, 0.25) is 0 Å². The number of methoxy groups -OCH3 is 2. The number of hydrogen-bond acceptors (Lipinski definition) is 4. The number of aliphatic imine (C=N–C) groups is 1. The van der Waals surface area contributed by atoms with Crippen LogP contribution >= 0.6 is 0 Å². The second-order valence-corrected chi connectivity index (χ2v) is 7.09. The summed E-state index contributed by atoms with van der Waals surface area (Å²) in [6, 6.07) is 4.02. The number of hydrogen-bond donors (Lipinski definition) is 1. The van der Waals surface area contributed by atoms with E-state index in [1.807, 2.05) is 19.1 Å². The summed E-state index contributed by atoms with van der Waals surface area (Å²) < 4.78 is 48.0. The fourth-order valence-electron chi connectivity index (χ4n) is 3.40. The van der Waals surface area contributed by atoms with E-state index in [1.54, 1.807) is 14.2 Å². The van der Waals surface area contributed by atoms with Crippen molar-refractivity contribution in [2.75, 3.05) is 54.0 Å². The van der Waals surface area contributed by atoms with E-state index in [2.05, 4.69) is 15.2 Å². The molecule has 164 valence electrons. The predicted molar refractivity (Wildman–Crippen MR) is 108 cm³/mol. The molecule has 0 fully saturated rings. The van der Waals surface area contributed by atoms with Crippen molar-refractivity contribution in [3.8, 4) is 11.5 Å². The van der Waals surface area contributed by atoms with Gasteiger partial charge < -0.3 is 19.7 Å². The summed E-state index contributed by atoms with van der Waals surface area (Å²) in [4.78, 5) is 8.06. The maximum absolute atomic E-state index is 12.4. The zero-order valence-corrected chi connectivity index (χ0v) is 17.6. The van der Waals surface area contributed by atoms with Crippen molar-refractivity contribution in [1.29, 1.82) is 0 Å². The molecule has 1 aromatic rings. The van der Waals surface area contributed by atoms with Gasteiger partial charge in [0.15, 0.2) is 17.5 Å². The first kappa shape index (κ1) is 23.1. The van der Waals surface area contributed by atoms with E-state index in [1.165, 1.54) is 17.5 Å². The summed E-state index contributed by atoms with van der Waals surface area (Å²) in [6.45, 7) is 4.14. The van der Waals surface area contributed by atoms with Gasteiger partial charge in [-0.3, -0.25) is 9.89 Å². The van der Waals surface area contributed by atoms with Crippen LogP contribution in [0, 0.1) is 0 Å². The molecule has 1 heterocycles. The highest BCUT2D eigenvalue weighted by atomic mass is 19.4. The van der Waals surface area contributed by atoms with Crippen LogP contribution in [0.4, 0.5) is 13.2 Å². The molecule has 0 atom stereocenters. The van der Waals surface area contributed by atoms with Gasteiger partial charge in [-0.2, -0.15) is 13.2 Å². The number of rotatable bonds is 8. The summed E-state index contributed by atoms with van der Waals surface area (Å²) in [7, 11) is 4.72. The van der Waals surface area contributed by atoms with E-state index in [0.717, 1.165) is 36.8 Å². The van der Waals surface area contributed by atoms with Crippen molar-refractivity contribution in [3.05, 3.63) is 23.3 Å². The Morgan fingerprint density at radius 2 is 1.86 bits per heavy atom. The van der Waals surface area contributed by atoms with Crippen LogP contribution in [0.25, 0.3) is 0 Å². The first-order chi connectivity index (χ1) is 13.8. The second-order valence-electron chi connectivity index (χ2n) is 7.09. The lowest BCUT2D eigenvalue weighted by atomic mass is 9.99. The van der Waals surface area contributed by atoms with Gasteiger partial charge in [0.25, 0.3) is 0 Å². The van der Waals surface area contributed by atoms with Crippen molar-refractivity contribution >= 4 is 5.96 Å². The largest absolute Gasteiger partial charge is 0.493 e. The molecule has 0 saturated carbocycles. The molecule has 0 aliphatic carbocycles. The molecule has 0 saturated heterocycles. The lowest BCUT2D eigenvalue weighted by Gasteiger charge is -2.32. The fourth-order valence-corrected chi connectivity index (χ4v) is 3.40. The smallest absolute Gasteiger partial charge is 0.401 e. The second kappa shape index (κ2) is 10.6. The Morgan fingerprint density at radius 3 is 2.45 bits per heavy atom. The van der Waals surface area contributed by atoms with Crippen molar-refractivity contribution in [2.45, 2.75) is 32.5 Å². The van der Waals surface area contributed by atoms with E-state index < -0.39 is 12.7 Å². The summed E-state index contributed by atoms with van der Waals surface area (Å²) in [5.41, 5.74) is 2.38. The minimum Gasteiger partial charge on any atom is -0.493 e. The number of ether oxygens (including phenoxy) is 2. The molecule has 0 aromatic heterocycles. The minimum absolute atomic E-state index is 0.349. The van der Waals surface area contributed by atoms with E-state index in [9.17, 15) is 13.2 Å². The van der Waals surface area contributed by atoms with Crippen LogP contribution in [0.2, 0.25) is 0 Å². The van der Waals surface area contributed by atoms with Crippen LogP contribution in [-0.2, 0) is 13.0 Å². The lowest BCUT2D eigenvalue weighted by Crippen LogP contribution is -2.44. The highest BCUT2D eigenvalue weighted by molar-refractivity contribution is 5.80. The van der Waals surface area contributed by atoms with Gasteiger partial charge in [0.1, 0.15) is 0 Å². The molecule has 1 N–H and O–H groups in total. The number of nitrogens with one attached hydrogen (secondary N) is 1. The maximum Gasteiger partial charge on any atom is 0.401 e. The zero-order chi connectivity index (χ0) is 21.4. The molecule has 0 bridgehead atoms. The molecule has 9 heteroatoms. The fraction of sp³-hybridized carbons (Fsp3) is 0.650. The first-order valence-corrected chi connectivity index (χ1v) is 9.79. The zero-order valence-electron chi connectivity index (χ0n) is 17.6. The van der Waals surface area contributed by atoms with Gasteiger partial charge in [0, 0.05) is 26.2 Å². The Morgan fingerprint density at radius 1 is 1.21 bits per heavy atom. The standard InChI is InChI=1S/C20H31F3N4O2/c1-5-24-19(25-8-6-9-26(2)14-20(21,22)23)27-10-7-15-11-17(28-3)18(29-4)12-16(15)13-27/h11-12H,5-10,13-14H2,1-4H3,(H,24,25). The van der Waals surface area contributed by atoms with Gasteiger partial charge in [-0.05, 0) is 56.6 Å². The van der Waals surface area contributed by atoms with Crippen LogP contribution in [0.15, 0.2) is 17.1 Å². The van der Waals surface area contributed by atoms with Gasteiger partial charge in [-0.15, -0.1) is 0 Å². The van der Waals surface area contributed by atoms with Crippen molar-refractivity contribution in [2.24, 2.45) is 4.99 Å². The average Bonchev–Trinajstić information content (AvgIpc) is 2.67. The molecule has 1 aliphatic heterocycles. The third-order valence-corrected chi connectivity index (χ3v) is 4.76. The number of guanidine groups is 1. The van der Waals surface area contributed by atoms with Crippen molar-refractivity contribution < 1.29 is 22.6 Å². The number of fused-ring (bicyclic) bond motifs is 1. The third-order valence-electron chi connectivity index (χ3n) is 4.76. The van der Waals surface area contributed by atoms with Crippen LogP contribution < -0.4 is 14.8 Å². The van der Waals surface area contributed by atoms with Crippen LogP contribution in [0.1, 0.15) is 24.5 Å². The Hall–Kier alpha value is -2.16. The molecule has 1 aliphatic rings. The molecule has 2 rings (SSSR count). The lowest BCUT2D eigenvalue weighted by molar-refractivity contribution is -0.143. The van der Waals surface area contributed by atoms with E-state index in [4.69, 9.17) is 9.47 Å². The van der Waals surface area contributed by atoms with Crippen LogP contribution in [0.5, 0.6) is 11.5 Å². The summed E-state index contributed by atoms with van der Waals surface area (Å²) in [5, 5.41) is 3.29. The molecule has 0 spiro atoms. The first-order valence-electron chi connectivity index (χ1n) is 9.79.